The summed E-state index contributed by atoms with van der Waals surface area (Å²) in [5.41, 5.74) is -0.299. The SMILES string of the molecule is CCNc1nc(NC2(CO)CCCCC2)nc(N(C)C)n1. The molecule has 1 aliphatic rings. The van der Waals surface area contributed by atoms with E-state index in [9.17, 15) is 5.11 Å². The third-order valence-electron chi connectivity index (χ3n) is 3.85. The highest BCUT2D eigenvalue weighted by Gasteiger charge is 2.32. The fourth-order valence-corrected chi connectivity index (χ4v) is 2.65. The Balaban J connectivity index is 2.24. The van der Waals surface area contributed by atoms with E-state index in [1.807, 2.05) is 25.9 Å². The molecule has 2 rings (SSSR count). The second-order valence-electron chi connectivity index (χ2n) is 5.83. The monoisotopic (exact) mass is 294 g/mol. The summed E-state index contributed by atoms with van der Waals surface area (Å²) >= 11 is 0. The van der Waals surface area contributed by atoms with Crippen LogP contribution in [0.2, 0.25) is 0 Å². The fourth-order valence-electron chi connectivity index (χ4n) is 2.65. The molecule has 118 valence electrons. The molecule has 0 spiro atoms. The molecule has 3 N–H and O–H groups in total. The van der Waals surface area contributed by atoms with Crippen LogP contribution in [0.5, 0.6) is 0 Å². The number of nitrogens with zero attached hydrogens (tertiary/aromatic N) is 4. The van der Waals surface area contributed by atoms with Crippen LogP contribution in [0.3, 0.4) is 0 Å². The molecule has 0 bridgehead atoms. The van der Waals surface area contributed by atoms with Crippen LogP contribution in [0.15, 0.2) is 0 Å². The molecule has 1 heterocycles. The van der Waals surface area contributed by atoms with Crippen LogP contribution < -0.4 is 15.5 Å². The van der Waals surface area contributed by atoms with E-state index in [2.05, 4.69) is 25.6 Å². The Morgan fingerprint density at radius 1 is 1.10 bits per heavy atom. The van der Waals surface area contributed by atoms with Crippen LogP contribution in [-0.4, -0.2) is 52.8 Å². The van der Waals surface area contributed by atoms with E-state index in [0.717, 1.165) is 32.2 Å². The molecule has 0 aromatic carbocycles. The number of aliphatic hydroxyl groups is 1. The minimum atomic E-state index is -0.299. The second-order valence-corrected chi connectivity index (χ2v) is 5.83. The van der Waals surface area contributed by atoms with Gasteiger partial charge in [0, 0.05) is 20.6 Å². The molecule has 1 aliphatic carbocycles. The van der Waals surface area contributed by atoms with Gasteiger partial charge in [-0.2, -0.15) is 15.0 Å². The van der Waals surface area contributed by atoms with Crippen LogP contribution in [0.25, 0.3) is 0 Å². The van der Waals surface area contributed by atoms with Crippen molar-refractivity contribution < 1.29 is 5.11 Å². The van der Waals surface area contributed by atoms with Gasteiger partial charge in [0.25, 0.3) is 0 Å². The molecule has 0 amide bonds. The van der Waals surface area contributed by atoms with Crippen LogP contribution in [0.1, 0.15) is 39.0 Å². The maximum Gasteiger partial charge on any atom is 0.231 e. The first-order chi connectivity index (χ1) is 10.1. The average Bonchev–Trinajstić information content (AvgIpc) is 2.48. The van der Waals surface area contributed by atoms with Crippen molar-refractivity contribution in [3.05, 3.63) is 0 Å². The fraction of sp³-hybridized carbons (Fsp3) is 0.786. The van der Waals surface area contributed by atoms with Crippen LogP contribution in [0, 0.1) is 0 Å². The lowest BCUT2D eigenvalue weighted by atomic mass is 9.82. The highest BCUT2D eigenvalue weighted by molar-refractivity contribution is 5.44. The Morgan fingerprint density at radius 3 is 2.33 bits per heavy atom. The molecule has 0 aliphatic heterocycles. The highest BCUT2D eigenvalue weighted by atomic mass is 16.3. The summed E-state index contributed by atoms with van der Waals surface area (Å²) in [5.74, 6) is 1.69. The van der Waals surface area contributed by atoms with Crippen molar-refractivity contribution in [1.29, 1.82) is 0 Å². The number of rotatable bonds is 6. The zero-order chi connectivity index (χ0) is 15.3. The predicted molar refractivity (Wildman–Crippen MR) is 84.8 cm³/mol. The molecule has 7 nitrogen and oxygen atoms in total. The normalized spacial score (nSPS) is 17.3. The summed E-state index contributed by atoms with van der Waals surface area (Å²) in [5, 5.41) is 16.3. The Kier molecular flexibility index (Phi) is 5.17. The van der Waals surface area contributed by atoms with Gasteiger partial charge in [-0.3, -0.25) is 0 Å². The van der Waals surface area contributed by atoms with Gasteiger partial charge in [0.1, 0.15) is 0 Å². The van der Waals surface area contributed by atoms with E-state index < -0.39 is 0 Å². The largest absolute Gasteiger partial charge is 0.394 e. The summed E-state index contributed by atoms with van der Waals surface area (Å²) in [4.78, 5) is 15.1. The maximum atomic E-state index is 9.79. The van der Waals surface area contributed by atoms with Gasteiger partial charge in [-0.1, -0.05) is 19.3 Å². The number of aliphatic hydroxyl groups excluding tert-OH is 1. The smallest absolute Gasteiger partial charge is 0.231 e. The van der Waals surface area contributed by atoms with Gasteiger partial charge < -0.3 is 20.6 Å². The molecular weight excluding hydrogens is 268 g/mol. The lowest BCUT2D eigenvalue weighted by Gasteiger charge is -2.36. The van der Waals surface area contributed by atoms with E-state index in [1.54, 1.807) is 0 Å². The number of anilines is 3. The highest BCUT2D eigenvalue weighted by Crippen LogP contribution is 2.30. The molecular formula is C14H26N6O. The van der Waals surface area contributed by atoms with Crippen LogP contribution in [0.4, 0.5) is 17.8 Å². The van der Waals surface area contributed by atoms with Crippen molar-refractivity contribution in [2.75, 3.05) is 42.8 Å². The Labute approximate surface area is 126 Å². The van der Waals surface area contributed by atoms with Gasteiger partial charge in [-0.15, -0.1) is 0 Å². The molecule has 1 fully saturated rings. The zero-order valence-electron chi connectivity index (χ0n) is 13.2. The average molecular weight is 294 g/mol. The number of hydrogen-bond donors (Lipinski definition) is 3. The quantitative estimate of drug-likeness (QED) is 0.732. The first kappa shape index (κ1) is 15.8. The summed E-state index contributed by atoms with van der Waals surface area (Å²) < 4.78 is 0. The van der Waals surface area contributed by atoms with Crippen molar-refractivity contribution in [3.8, 4) is 0 Å². The Hall–Kier alpha value is -1.63. The van der Waals surface area contributed by atoms with Crippen molar-refractivity contribution in [2.24, 2.45) is 0 Å². The van der Waals surface area contributed by atoms with Gasteiger partial charge >= 0.3 is 0 Å². The summed E-state index contributed by atoms with van der Waals surface area (Å²) in [6.07, 6.45) is 5.37. The van der Waals surface area contributed by atoms with E-state index >= 15 is 0 Å². The van der Waals surface area contributed by atoms with Crippen molar-refractivity contribution in [3.63, 3.8) is 0 Å². The van der Waals surface area contributed by atoms with Gasteiger partial charge in [0.15, 0.2) is 0 Å². The molecule has 0 unspecified atom stereocenters. The van der Waals surface area contributed by atoms with Gasteiger partial charge in [-0.25, -0.2) is 0 Å². The van der Waals surface area contributed by atoms with Crippen molar-refractivity contribution >= 4 is 17.8 Å². The minimum absolute atomic E-state index is 0.104. The summed E-state index contributed by atoms with van der Waals surface area (Å²) in [7, 11) is 3.80. The molecule has 1 saturated carbocycles. The number of hydrogen-bond acceptors (Lipinski definition) is 7. The Bertz CT molecular complexity index is 459. The minimum Gasteiger partial charge on any atom is -0.394 e. The van der Waals surface area contributed by atoms with E-state index in [0.29, 0.717) is 17.8 Å². The van der Waals surface area contributed by atoms with E-state index in [-0.39, 0.29) is 12.1 Å². The molecule has 0 radical (unpaired) electrons. The lowest BCUT2D eigenvalue weighted by molar-refractivity contribution is 0.172. The molecule has 0 saturated heterocycles. The summed E-state index contributed by atoms with van der Waals surface area (Å²) in [6.45, 7) is 2.86. The third kappa shape index (κ3) is 3.93. The maximum absolute atomic E-state index is 9.79. The van der Waals surface area contributed by atoms with Gasteiger partial charge in [0.05, 0.1) is 12.1 Å². The van der Waals surface area contributed by atoms with Crippen LogP contribution >= 0.6 is 0 Å². The van der Waals surface area contributed by atoms with Crippen molar-refractivity contribution in [1.82, 2.24) is 15.0 Å². The topological polar surface area (TPSA) is 86.2 Å². The third-order valence-corrected chi connectivity index (χ3v) is 3.85. The molecule has 21 heavy (non-hydrogen) atoms. The predicted octanol–water partition coefficient (Wildman–Crippen LogP) is 1.48. The first-order valence-corrected chi connectivity index (χ1v) is 7.65. The van der Waals surface area contributed by atoms with E-state index in [1.165, 1.54) is 6.42 Å². The van der Waals surface area contributed by atoms with Crippen LogP contribution in [-0.2, 0) is 0 Å². The van der Waals surface area contributed by atoms with Crippen molar-refractivity contribution in [2.45, 2.75) is 44.6 Å². The summed E-state index contributed by atoms with van der Waals surface area (Å²) in [6, 6.07) is 0. The number of nitrogens with one attached hydrogen (secondary N) is 2. The zero-order valence-corrected chi connectivity index (χ0v) is 13.2. The first-order valence-electron chi connectivity index (χ1n) is 7.65. The number of aromatic nitrogens is 3. The van der Waals surface area contributed by atoms with Gasteiger partial charge in [0.2, 0.25) is 17.8 Å². The lowest BCUT2D eigenvalue weighted by Crippen LogP contribution is -2.44. The van der Waals surface area contributed by atoms with E-state index in [4.69, 9.17) is 0 Å². The molecule has 0 atom stereocenters. The standard InChI is InChI=1S/C14H26N6O/c1-4-15-11-16-12(18-13(17-11)20(2)3)19-14(10-21)8-6-5-7-9-14/h21H,4-10H2,1-3H3,(H2,15,16,17,18,19). The molecule has 7 heteroatoms. The van der Waals surface area contributed by atoms with Gasteiger partial charge in [-0.05, 0) is 19.8 Å². The molecule has 1 aromatic heterocycles. The molecule has 1 aromatic rings. The second kappa shape index (κ2) is 6.89. The Morgan fingerprint density at radius 2 is 1.76 bits per heavy atom.